The SMILES string of the molecule is Cc1cccc(C)c1NC(=O)CN(C)C(=O)c1ccc(Cl)c(N2CCCC2=O)c1. The fraction of sp³-hybridized carbons (Fsp3) is 0.318. The van der Waals surface area contributed by atoms with Gasteiger partial charge in [-0.25, -0.2) is 0 Å². The Kier molecular flexibility index (Phi) is 6.23. The van der Waals surface area contributed by atoms with Gasteiger partial charge in [-0.3, -0.25) is 14.4 Å². The van der Waals surface area contributed by atoms with E-state index in [2.05, 4.69) is 5.32 Å². The number of benzene rings is 2. The minimum Gasteiger partial charge on any atom is -0.332 e. The number of rotatable bonds is 5. The van der Waals surface area contributed by atoms with Crippen LogP contribution >= 0.6 is 11.6 Å². The van der Waals surface area contributed by atoms with E-state index < -0.39 is 0 Å². The first-order valence-corrected chi connectivity index (χ1v) is 9.87. The van der Waals surface area contributed by atoms with Crippen LogP contribution in [-0.4, -0.2) is 42.8 Å². The van der Waals surface area contributed by atoms with Gasteiger partial charge in [0, 0.05) is 31.3 Å². The van der Waals surface area contributed by atoms with Crippen molar-refractivity contribution < 1.29 is 14.4 Å². The molecule has 2 aromatic rings. The topological polar surface area (TPSA) is 69.7 Å². The van der Waals surface area contributed by atoms with Gasteiger partial charge in [-0.15, -0.1) is 0 Å². The summed E-state index contributed by atoms with van der Waals surface area (Å²) >= 11 is 6.25. The lowest BCUT2D eigenvalue weighted by molar-refractivity contribution is -0.117. The highest BCUT2D eigenvalue weighted by Crippen LogP contribution is 2.30. The van der Waals surface area contributed by atoms with Crippen LogP contribution in [0.3, 0.4) is 0 Å². The fourth-order valence-electron chi connectivity index (χ4n) is 3.45. The number of para-hydroxylation sites is 1. The molecule has 0 bridgehead atoms. The number of hydrogen-bond donors (Lipinski definition) is 1. The Labute approximate surface area is 175 Å². The Morgan fingerprint density at radius 2 is 1.86 bits per heavy atom. The molecule has 0 atom stereocenters. The van der Waals surface area contributed by atoms with E-state index in [1.807, 2.05) is 32.0 Å². The monoisotopic (exact) mass is 413 g/mol. The maximum atomic E-state index is 12.8. The van der Waals surface area contributed by atoms with E-state index in [1.165, 1.54) is 4.90 Å². The Morgan fingerprint density at radius 3 is 2.48 bits per heavy atom. The second kappa shape index (κ2) is 8.66. The van der Waals surface area contributed by atoms with Crippen molar-refractivity contribution in [1.29, 1.82) is 0 Å². The molecule has 6 nitrogen and oxygen atoms in total. The van der Waals surface area contributed by atoms with Gasteiger partial charge in [-0.2, -0.15) is 0 Å². The molecule has 0 saturated carbocycles. The van der Waals surface area contributed by atoms with Gasteiger partial charge < -0.3 is 15.1 Å². The lowest BCUT2D eigenvalue weighted by Gasteiger charge is -2.21. The van der Waals surface area contributed by atoms with Crippen molar-refractivity contribution in [3.8, 4) is 0 Å². The van der Waals surface area contributed by atoms with Crippen LogP contribution in [0.15, 0.2) is 36.4 Å². The van der Waals surface area contributed by atoms with Crippen LogP contribution in [0.5, 0.6) is 0 Å². The average Bonchev–Trinajstić information content (AvgIpc) is 3.10. The predicted molar refractivity (Wildman–Crippen MR) is 115 cm³/mol. The molecule has 3 rings (SSSR count). The number of amides is 3. The van der Waals surface area contributed by atoms with Gasteiger partial charge in [0.1, 0.15) is 0 Å². The van der Waals surface area contributed by atoms with Crippen LogP contribution in [0, 0.1) is 13.8 Å². The molecule has 0 radical (unpaired) electrons. The third kappa shape index (κ3) is 4.59. The number of hydrogen-bond acceptors (Lipinski definition) is 3. The highest BCUT2D eigenvalue weighted by atomic mass is 35.5. The number of nitrogens with one attached hydrogen (secondary N) is 1. The second-order valence-corrected chi connectivity index (χ2v) is 7.70. The number of carbonyl (C=O) groups excluding carboxylic acids is 3. The van der Waals surface area contributed by atoms with Crippen LogP contribution in [-0.2, 0) is 9.59 Å². The maximum absolute atomic E-state index is 12.8. The number of anilines is 2. The Morgan fingerprint density at radius 1 is 1.17 bits per heavy atom. The van der Waals surface area contributed by atoms with Crippen LogP contribution in [0.1, 0.15) is 34.3 Å². The zero-order valence-corrected chi connectivity index (χ0v) is 17.5. The van der Waals surface area contributed by atoms with Crippen molar-refractivity contribution >= 4 is 40.7 Å². The highest BCUT2D eigenvalue weighted by molar-refractivity contribution is 6.34. The molecule has 1 fully saturated rings. The first-order chi connectivity index (χ1) is 13.8. The Balaban J connectivity index is 1.71. The number of halogens is 1. The van der Waals surface area contributed by atoms with Gasteiger partial charge in [0.2, 0.25) is 11.8 Å². The minimum atomic E-state index is -0.314. The molecule has 0 aromatic heterocycles. The molecule has 0 spiro atoms. The number of likely N-dealkylation sites (N-methyl/N-ethyl adjacent to an activating group) is 1. The van der Waals surface area contributed by atoms with Gasteiger partial charge >= 0.3 is 0 Å². The third-order valence-electron chi connectivity index (χ3n) is 5.03. The quantitative estimate of drug-likeness (QED) is 0.810. The molecule has 1 heterocycles. The van der Waals surface area contributed by atoms with Gasteiger partial charge in [0.15, 0.2) is 0 Å². The van der Waals surface area contributed by atoms with Crippen LogP contribution in [0.25, 0.3) is 0 Å². The Bertz CT molecular complexity index is 954. The summed E-state index contributed by atoms with van der Waals surface area (Å²) in [5.41, 5.74) is 3.61. The van der Waals surface area contributed by atoms with Crippen LogP contribution < -0.4 is 10.2 Å². The number of nitrogens with zero attached hydrogens (tertiary/aromatic N) is 2. The molecule has 1 N–H and O–H groups in total. The first-order valence-electron chi connectivity index (χ1n) is 9.49. The molecule has 7 heteroatoms. The van der Waals surface area contributed by atoms with E-state index >= 15 is 0 Å². The second-order valence-electron chi connectivity index (χ2n) is 7.29. The molecule has 1 aliphatic heterocycles. The van der Waals surface area contributed by atoms with Gasteiger partial charge in [0.25, 0.3) is 5.91 Å². The lowest BCUT2D eigenvalue weighted by Crippen LogP contribution is -2.35. The summed E-state index contributed by atoms with van der Waals surface area (Å²) in [5, 5.41) is 3.30. The number of aryl methyl sites for hydroxylation is 2. The Hall–Kier alpha value is -2.86. The molecule has 0 aliphatic carbocycles. The predicted octanol–water partition coefficient (Wildman–Crippen LogP) is 3.79. The van der Waals surface area contributed by atoms with E-state index in [0.29, 0.717) is 29.2 Å². The highest BCUT2D eigenvalue weighted by Gasteiger charge is 2.25. The van der Waals surface area contributed by atoms with Gasteiger partial charge in [-0.1, -0.05) is 29.8 Å². The van der Waals surface area contributed by atoms with Crippen molar-refractivity contribution in [2.75, 3.05) is 30.4 Å². The van der Waals surface area contributed by atoms with Crippen molar-refractivity contribution in [3.63, 3.8) is 0 Å². The van der Waals surface area contributed by atoms with E-state index in [-0.39, 0.29) is 24.3 Å². The van der Waals surface area contributed by atoms with Gasteiger partial charge in [-0.05, 0) is 49.6 Å². The zero-order valence-electron chi connectivity index (χ0n) is 16.8. The van der Waals surface area contributed by atoms with Gasteiger partial charge in [0.05, 0.1) is 17.3 Å². The van der Waals surface area contributed by atoms with Crippen molar-refractivity contribution in [2.45, 2.75) is 26.7 Å². The van der Waals surface area contributed by atoms with Crippen molar-refractivity contribution in [1.82, 2.24) is 4.90 Å². The first kappa shape index (κ1) is 20.9. The summed E-state index contributed by atoms with van der Waals surface area (Å²) in [4.78, 5) is 40.3. The molecule has 3 amide bonds. The number of carbonyl (C=O) groups is 3. The van der Waals surface area contributed by atoms with E-state index in [1.54, 1.807) is 30.1 Å². The summed E-state index contributed by atoms with van der Waals surface area (Å²) in [6.45, 7) is 4.34. The summed E-state index contributed by atoms with van der Waals surface area (Å²) in [5.74, 6) is -0.591. The lowest BCUT2D eigenvalue weighted by atomic mass is 10.1. The minimum absolute atomic E-state index is 0.00201. The van der Waals surface area contributed by atoms with Crippen molar-refractivity contribution in [2.24, 2.45) is 0 Å². The standard InChI is InChI=1S/C22H24ClN3O3/c1-14-6-4-7-15(2)21(14)24-19(27)13-25(3)22(29)16-9-10-17(23)18(12-16)26-11-5-8-20(26)28/h4,6-7,9-10,12H,5,8,11,13H2,1-3H3,(H,24,27). The van der Waals surface area contributed by atoms with Crippen molar-refractivity contribution in [3.05, 3.63) is 58.1 Å². The van der Waals surface area contributed by atoms with E-state index in [4.69, 9.17) is 11.6 Å². The average molecular weight is 414 g/mol. The molecular weight excluding hydrogens is 390 g/mol. The normalized spacial score (nSPS) is 13.5. The van der Waals surface area contributed by atoms with E-state index in [0.717, 1.165) is 23.2 Å². The zero-order chi connectivity index (χ0) is 21.1. The molecule has 0 unspecified atom stereocenters. The molecule has 1 saturated heterocycles. The van der Waals surface area contributed by atoms with Crippen LogP contribution in [0.4, 0.5) is 11.4 Å². The summed E-state index contributed by atoms with van der Waals surface area (Å²) < 4.78 is 0. The summed E-state index contributed by atoms with van der Waals surface area (Å²) in [6, 6.07) is 10.6. The largest absolute Gasteiger partial charge is 0.332 e. The third-order valence-corrected chi connectivity index (χ3v) is 5.35. The smallest absolute Gasteiger partial charge is 0.254 e. The molecular formula is C22H24ClN3O3. The summed E-state index contributed by atoms with van der Waals surface area (Å²) in [7, 11) is 1.57. The van der Waals surface area contributed by atoms with E-state index in [9.17, 15) is 14.4 Å². The molecule has 152 valence electrons. The molecule has 1 aliphatic rings. The maximum Gasteiger partial charge on any atom is 0.254 e. The molecule has 29 heavy (non-hydrogen) atoms. The summed E-state index contributed by atoms with van der Waals surface area (Å²) in [6.07, 6.45) is 1.25. The van der Waals surface area contributed by atoms with Crippen LogP contribution in [0.2, 0.25) is 5.02 Å². The molecule has 2 aromatic carbocycles. The fourth-order valence-corrected chi connectivity index (χ4v) is 3.67.